The highest BCUT2D eigenvalue weighted by molar-refractivity contribution is 6.74. The van der Waals surface area contributed by atoms with E-state index >= 15 is 0 Å². The molecule has 142 valence electrons. The number of ether oxygens (including phenoxy) is 1. The van der Waals surface area contributed by atoms with E-state index in [4.69, 9.17) is 9.16 Å². The highest BCUT2D eigenvalue weighted by Crippen LogP contribution is 2.39. The number of aliphatic hydroxyl groups excluding tert-OH is 1. The molecular formula is C18H36O5Si. The van der Waals surface area contributed by atoms with Crippen LogP contribution in [0.15, 0.2) is 12.7 Å². The Morgan fingerprint density at radius 1 is 1.29 bits per heavy atom. The molecule has 0 aliphatic carbocycles. The molecule has 24 heavy (non-hydrogen) atoms. The van der Waals surface area contributed by atoms with Crippen molar-refractivity contribution in [2.75, 3.05) is 13.2 Å². The van der Waals surface area contributed by atoms with E-state index in [0.717, 1.165) is 0 Å². The Bertz CT molecular complexity index is 412. The maximum Gasteiger partial charge on any atom is 0.308 e. The van der Waals surface area contributed by atoms with Gasteiger partial charge in [-0.05, 0) is 38.4 Å². The van der Waals surface area contributed by atoms with E-state index in [1.54, 1.807) is 19.9 Å². The Balaban J connectivity index is 5.08. The Morgan fingerprint density at radius 2 is 1.83 bits per heavy atom. The van der Waals surface area contributed by atoms with E-state index in [1.807, 2.05) is 0 Å². The summed E-state index contributed by atoms with van der Waals surface area (Å²) in [6.45, 7) is 17.9. The third kappa shape index (κ3) is 7.47. The molecule has 0 radical (unpaired) electrons. The first-order valence-electron chi connectivity index (χ1n) is 8.59. The standard InChI is InChI=1S/C18H36O5Si/c1-9-14(11-18(6,21)12-16(20)22-10-2)15(13-19)23-24(7,8)17(3,4)5/h9,14-15,19,21H,1,10-13H2,2-8H3/t14-,15+,18?/m0/s1. The van der Waals surface area contributed by atoms with Crippen LogP contribution in [0.3, 0.4) is 0 Å². The molecule has 1 unspecified atom stereocenters. The van der Waals surface area contributed by atoms with Crippen LogP contribution in [0.4, 0.5) is 0 Å². The highest BCUT2D eigenvalue weighted by Gasteiger charge is 2.41. The molecule has 0 aliphatic heterocycles. The number of carbonyl (C=O) groups excluding carboxylic acids is 1. The smallest absolute Gasteiger partial charge is 0.308 e. The molecule has 6 heteroatoms. The van der Waals surface area contributed by atoms with Crippen LogP contribution in [0.2, 0.25) is 18.1 Å². The van der Waals surface area contributed by atoms with Gasteiger partial charge >= 0.3 is 5.97 Å². The third-order valence-electron chi connectivity index (χ3n) is 4.72. The molecule has 0 heterocycles. The zero-order chi connectivity index (χ0) is 19.2. The molecule has 0 saturated heterocycles. The van der Waals surface area contributed by atoms with Crippen LogP contribution >= 0.6 is 0 Å². The summed E-state index contributed by atoms with van der Waals surface area (Å²) in [4.78, 5) is 11.6. The monoisotopic (exact) mass is 360 g/mol. The van der Waals surface area contributed by atoms with Crippen molar-refractivity contribution in [3.63, 3.8) is 0 Å². The van der Waals surface area contributed by atoms with Gasteiger partial charge in [0.2, 0.25) is 0 Å². The summed E-state index contributed by atoms with van der Waals surface area (Å²) in [5.41, 5.74) is -1.24. The lowest BCUT2D eigenvalue weighted by Gasteiger charge is -2.41. The van der Waals surface area contributed by atoms with E-state index < -0.39 is 26.0 Å². The van der Waals surface area contributed by atoms with Crippen LogP contribution in [-0.4, -0.2) is 49.4 Å². The number of hydrogen-bond donors (Lipinski definition) is 2. The number of aliphatic hydroxyl groups is 2. The van der Waals surface area contributed by atoms with Gasteiger partial charge in [-0.3, -0.25) is 4.79 Å². The molecule has 0 bridgehead atoms. The van der Waals surface area contributed by atoms with Gasteiger partial charge in [0.25, 0.3) is 0 Å². The van der Waals surface area contributed by atoms with E-state index in [2.05, 4.69) is 40.4 Å². The maximum absolute atomic E-state index is 11.6. The van der Waals surface area contributed by atoms with Crippen molar-refractivity contribution in [2.45, 2.75) is 77.3 Å². The van der Waals surface area contributed by atoms with Crippen LogP contribution in [0.1, 0.15) is 47.5 Å². The molecule has 0 amide bonds. The first kappa shape index (κ1) is 23.3. The predicted octanol–water partition coefficient (Wildman–Crippen LogP) is 3.27. The Labute approximate surface area is 148 Å². The number of rotatable bonds is 10. The van der Waals surface area contributed by atoms with E-state index in [9.17, 15) is 15.0 Å². The molecule has 2 N–H and O–H groups in total. The third-order valence-corrected chi connectivity index (χ3v) is 9.22. The molecule has 0 fully saturated rings. The van der Waals surface area contributed by atoms with Gasteiger partial charge in [-0.2, -0.15) is 0 Å². The van der Waals surface area contributed by atoms with Crippen LogP contribution in [0.5, 0.6) is 0 Å². The Hall–Kier alpha value is -0.693. The molecule has 0 aromatic carbocycles. The zero-order valence-electron chi connectivity index (χ0n) is 16.4. The van der Waals surface area contributed by atoms with Gasteiger partial charge in [-0.15, -0.1) is 6.58 Å². The van der Waals surface area contributed by atoms with Gasteiger partial charge < -0.3 is 19.4 Å². The molecule has 3 atom stereocenters. The normalized spacial score (nSPS) is 17.7. The molecule has 5 nitrogen and oxygen atoms in total. The largest absolute Gasteiger partial charge is 0.466 e. The van der Waals surface area contributed by atoms with Gasteiger partial charge in [-0.1, -0.05) is 26.8 Å². The molecule has 0 saturated carbocycles. The lowest BCUT2D eigenvalue weighted by Crippen LogP contribution is -2.47. The van der Waals surface area contributed by atoms with Crippen molar-refractivity contribution in [3.8, 4) is 0 Å². The van der Waals surface area contributed by atoms with Crippen molar-refractivity contribution in [3.05, 3.63) is 12.7 Å². The van der Waals surface area contributed by atoms with E-state index in [-0.39, 0.29) is 37.0 Å². The number of esters is 1. The van der Waals surface area contributed by atoms with Crippen molar-refractivity contribution in [2.24, 2.45) is 5.92 Å². The summed E-state index contributed by atoms with van der Waals surface area (Å²) >= 11 is 0. The SMILES string of the molecule is C=C[C@@H](CC(C)(O)CC(=O)OCC)[C@@H](CO)O[Si](C)(C)C(C)(C)C. The second kappa shape index (κ2) is 9.13. The lowest BCUT2D eigenvalue weighted by molar-refractivity contribution is -0.148. The summed E-state index contributed by atoms with van der Waals surface area (Å²) in [6, 6.07) is 0. The molecule has 0 spiro atoms. The summed E-state index contributed by atoms with van der Waals surface area (Å²) < 4.78 is 11.2. The second-order valence-corrected chi connectivity index (χ2v) is 12.9. The van der Waals surface area contributed by atoms with E-state index in [1.165, 1.54) is 0 Å². The molecule has 0 aromatic heterocycles. The van der Waals surface area contributed by atoms with Gasteiger partial charge in [0.15, 0.2) is 8.32 Å². The van der Waals surface area contributed by atoms with E-state index in [0.29, 0.717) is 0 Å². The van der Waals surface area contributed by atoms with Crippen molar-refractivity contribution < 1.29 is 24.2 Å². The van der Waals surface area contributed by atoms with Crippen LogP contribution in [-0.2, 0) is 14.0 Å². The van der Waals surface area contributed by atoms with Crippen LogP contribution < -0.4 is 0 Å². The fraction of sp³-hybridized carbons (Fsp3) is 0.833. The zero-order valence-corrected chi connectivity index (χ0v) is 17.4. The fourth-order valence-corrected chi connectivity index (χ4v) is 3.64. The second-order valence-electron chi connectivity index (χ2n) is 8.18. The summed E-state index contributed by atoms with van der Waals surface area (Å²) in [6.07, 6.45) is 1.42. The van der Waals surface area contributed by atoms with Gasteiger partial charge in [-0.25, -0.2) is 0 Å². The molecule has 0 rings (SSSR count). The van der Waals surface area contributed by atoms with Crippen LogP contribution in [0, 0.1) is 5.92 Å². The fourth-order valence-electron chi connectivity index (χ4n) is 2.28. The number of carbonyl (C=O) groups is 1. The highest BCUT2D eigenvalue weighted by atomic mass is 28.4. The first-order chi connectivity index (χ1) is 10.8. The minimum atomic E-state index is -2.07. The average molecular weight is 361 g/mol. The van der Waals surface area contributed by atoms with Crippen molar-refractivity contribution in [1.29, 1.82) is 0 Å². The minimum absolute atomic E-state index is 0.0135. The predicted molar refractivity (Wildman–Crippen MR) is 99.3 cm³/mol. The summed E-state index contributed by atoms with van der Waals surface area (Å²) in [7, 11) is -2.07. The molecular weight excluding hydrogens is 324 g/mol. The minimum Gasteiger partial charge on any atom is -0.466 e. The average Bonchev–Trinajstić information content (AvgIpc) is 2.40. The van der Waals surface area contributed by atoms with Crippen LogP contribution in [0.25, 0.3) is 0 Å². The first-order valence-corrected chi connectivity index (χ1v) is 11.5. The topological polar surface area (TPSA) is 76.0 Å². The van der Waals surface area contributed by atoms with Crippen molar-refractivity contribution in [1.82, 2.24) is 0 Å². The van der Waals surface area contributed by atoms with Gasteiger partial charge in [0.1, 0.15) is 0 Å². The molecule has 0 aliphatic rings. The van der Waals surface area contributed by atoms with Crippen molar-refractivity contribution >= 4 is 14.3 Å². The Kier molecular flexibility index (Phi) is 8.87. The quantitative estimate of drug-likeness (QED) is 0.355. The maximum atomic E-state index is 11.6. The number of hydrogen-bond acceptors (Lipinski definition) is 5. The molecule has 0 aromatic rings. The lowest BCUT2D eigenvalue weighted by atomic mass is 9.86. The summed E-state index contributed by atoms with van der Waals surface area (Å²) in [5, 5.41) is 20.4. The Morgan fingerprint density at radius 3 is 2.21 bits per heavy atom. The van der Waals surface area contributed by atoms with Gasteiger partial charge in [0, 0.05) is 5.92 Å². The summed E-state index contributed by atoms with van der Waals surface area (Å²) in [5.74, 6) is -0.690. The van der Waals surface area contributed by atoms with Gasteiger partial charge in [0.05, 0.1) is 31.3 Å².